The van der Waals surface area contributed by atoms with Crippen LogP contribution < -0.4 is 4.90 Å². The summed E-state index contributed by atoms with van der Waals surface area (Å²) < 4.78 is 0. The van der Waals surface area contributed by atoms with Crippen LogP contribution in [0, 0.1) is 6.92 Å². The Balaban J connectivity index is 1.27. The number of aryl methyl sites for hydroxylation is 1. The Kier molecular flexibility index (Phi) is 5.49. The van der Waals surface area contributed by atoms with E-state index >= 15 is 0 Å². The summed E-state index contributed by atoms with van der Waals surface area (Å²) in [6, 6.07) is 3.93. The van der Waals surface area contributed by atoms with Crippen molar-refractivity contribution in [1.29, 1.82) is 0 Å². The van der Waals surface area contributed by atoms with Crippen LogP contribution in [0.3, 0.4) is 0 Å². The van der Waals surface area contributed by atoms with E-state index in [4.69, 9.17) is 0 Å². The highest BCUT2D eigenvalue weighted by molar-refractivity contribution is 7.99. The van der Waals surface area contributed by atoms with Gasteiger partial charge in [0.2, 0.25) is 11.9 Å². The molecule has 0 unspecified atom stereocenters. The van der Waals surface area contributed by atoms with E-state index in [1.807, 2.05) is 11.0 Å². The highest BCUT2D eigenvalue weighted by Crippen LogP contribution is 2.30. The number of hydrogen-bond acceptors (Lipinski definition) is 8. The molecular formula is C18H20N6OS2. The average molecular weight is 401 g/mol. The van der Waals surface area contributed by atoms with Gasteiger partial charge in [-0.05, 0) is 19.1 Å². The molecule has 3 aromatic rings. The molecule has 7 nitrogen and oxygen atoms in total. The van der Waals surface area contributed by atoms with Crippen molar-refractivity contribution in [1.82, 2.24) is 24.8 Å². The van der Waals surface area contributed by atoms with E-state index in [9.17, 15) is 4.79 Å². The number of anilines is 1. The van der Waals surface area contributed by atoms with Crippen LogP contribution in [0.25, 0.3) is 10.2 Å². The number of hydrogen-bond donors (Lipinski definition) is 0. The van der Waals surface area contributed by atoms with E-state index in [0.717, 1.165) is 40.0 Å². The molecule has 0 bridgehead atoms. The molecule has 0 spiro atoms. The Morgan fingerprint density at radius 1 is 1.15 bits per heavy atom. The molecular weight excluding hydrogens is 380 g/mol. The third-order valence-electron chi connectivity index (χ3n) is 4.44. The first-order valence-electron chi connectivity index (χ1n) is 8.84. The van der Waals surface area contributed by atoms with Crippen molar-refractivity contribution >= 4 is 45.2 Å². The Labute approximate surface area is 165 Å². The molecule has 1 amide bonds. The molecule has 1 saturated heterocycles. The van der Waals surface area contributed by atoms with Crippen molar-refractivity contribution < 1.29 is 4.79 Å². The first-order valence-corrected chi connectivity index (χ1v) is 10.6. The predicted molar refractivity (Wildman–Crippen MR) is 108 cm³/mol. The van der Waals surface area contributed by atoms with Crippen molar-refractivity contribution in [2.75, 3.05) is 36.8 Å². The summed E-state index contributed by atoms with van der Waals surface area (Å²) in [5, 5.41) is 2.05. The third-order valence-corrected chi connectivity index (χ3v) is 6.40. The van der Waals surface area contributed by atoms with Gasteiger partial charge >= 0.3 is 0 Å². The van der Waals surface area contributed by atoms with Crippen LogP contribution in [0.5, 0.6) is 0 Å². The minimum atomic E-state index is 0.197. The van der Waals surface area contributed by atoms with Crippen molar-refractivity contribution in [3.63, 3.8) is 0 Å². The molecule has 27 heavy (non-hydrogen) atoms. The number of fused-ring (bicyclic) bond motifs is 1. The molecule has 1 aliphatic heterocycles. The van der Waals surface area contributed by atoms with Crippen molar-refractivity contribution in [3.05, 3.63) is 35.7 Å². The lowest BCUT2D eigenvalue weighted by Crippen LogP contribution is -2.49. The van der Waals surface area contributed by atoms with Gasteiger partial charge in [0.25, 0.3) is 0 Å². The maximum Gasteiger partial charge on any atom is 0.225 e. The van der Waals surface area contributed by atoms with Gasteiger partial charge in [-0.1, -0.05) is 0 Å². The predicted octanol–water partition coefficient (Wildman–Crippen LogP) is 2.62. The summed E-state index contributed by atoms with van der Waals surface area (Å²) in [5.74, 6) is 1.66. The zero-order valence-corrected chi connectivity index (χ0v) is 16.7. The minimum Gasteiger partial charge on any atom is -0.339 e. The fraction of sp³-hybridized carbons (Fsp3) is 0.389. The van der Waals surface area contributed by atoms with E-state index in [0.29, 0.717) is 19.5 Å². The van der Waals surface area contributed by atoms with Crippen LogP contribution in [0.15, 0.2) is 35.9 Å². The highest BCUT2D eigenvalue weighted by atomic mass is 32.2. The molecule has 1 fully saturated rings. The summed E-state index contributed by atoms with van der Waals surface area (Å²) in [7, 11) is 0. The van der Waals surface area contributed by atoms with Crippen LogP contribution in [-0.2, 0) is 4.79 Å². The molecule has 0 aromatic carbocycles. The maximum absolute atomic E-state index is 12.5. The van der Waals surface area contributed by atoms with Crippen molar-refractivity contribution in [2.45, 2.75) is 18.4 Å². The second-order valence-electron chi connectivity index (χ2n) is 6.27. The molecule has 0 saturated carbocycles. The topological polar surface area (TPSA) is 75.1 Å². The van der Waals surface area contributed by atoms with E-state index in [1.165, 1.54) is 4.88 Å². The smallest absolute Gasteiger partial charge is 0.225 e. The quantitative estimate of drug-likeness (QED) is 0.481. The number of carbonyl (C=O) groups is 1. The summed E-state index contributed by atoms with van der Waals surface area (Å²) in [5.41, 5.74) is 0. The molecule has 9 heteroatoms. The lowest BCUT2D eigenvalue weighted by Gasteiger charge is -2.34. The first kappa shape index (κ1) is 18.1. The van der Waals surface area contributed by atoms with Crippen LogP contribution in [0.1, 0.15) is 11.3 Å². The number of thioether (sulfide) groups is 1. The zero-order chi connectivity index (χ0) is 18.6. The Morgan fingerprint density at radius 2 is 1.93 bits per heavy atom. The summed E-state index contributed by atoms with van der Waals surface area (Å²) in [4.78, 5) is 36.1. The normalized spacial score (nSPS) is 14.7. The van der Waals surface area contributed by atoms with Crippen molar-refractivity contribution in [3.8, 4) is 0 Å². The summed E-state index contributed by atoms with van der Waals surface area (Å²) in [6.07, 6.45) is 5.61. The van der Waals surface area contributed by atoms with Crippen LogP contribution in [0.4, 0.5) is 5.95 Å². The maximum atomic E-state index is 12.5. The van der Waals surface area contributed by atoms with Gasteiger partial charge in [0.15, 0.2) is 0 Å². The lowest BCUT2D eigenvalue weighted by molar-refractivity contribution is -0.131. The molecule has 3 aromatic heterocycles. The lowest BCUT2D eigenvalue weighted by atomic mass is 10.3. The summed E-state index contributed by atoms with van der Waals surface area (Å²) >= 11 is 3.30. The molecule has 0 atom stereocenters. The standard InChI is InChI=1S/C18H20N6OS2/c1-13-11-14-16(21-12-22-17(14)27-13)26-10-3-15(25)23-6-8-24(9-7-23)18-19-4-2-5-20-18/h2,4-5,11-12H,3,6-10H2,1H3. The molecule has 0 radical (unpaired) electrons. The van der Waals surface area contributed by atoms with Gasteiger partial charge in [-0.25, -0.2) is 19.9 Å². The van der Waals surface area contributed by atoms with E-state index < -0.39 is 0 Å². The molecule has 4 heterocycles. The van der Waals surface area contributed by atoms with Crippen LogP contribution in [0.2, 0.25) is 0 Å². The monoisotopic (exact) mass is 400 g/mol. The number of nitrogens with zero attached hydrogens (tertiary/aromatic N) is 6. The minimum absolute atomic E-state index is 0.197. The van der Waals surface area contributed by atoms with Gasteiger partial charge < -0.3 is 9.80 Å². The fourth-order valence-corrected chi connectivity index (χ4v) is 4.89. The fourth-order valence-electron chi connectivity index (χ4n) is 3.07. The molecule has 1 aliphatic rings. The van der Waals surface area contributed by atoms with E-state index in [-0.39, 0.29) is 5.91 Å². The molecule has 140 valence electrons. The van der Waals surface area contributed by atoms with E-state index in [2.05, 4.69) is 37.8 Å². The average Bonchev–Trinajstić information content (AvgIpc) is 3.10. The SMILES string of the molecule is Cc1cc2c(SCCC(=O)N3CCN(c4ncccn4)CC3)ncnc2s1. The second kappa shape index (κ2) is 8.18. The second-order valence-corrected chi connectivity index (χ2v) is 8.59. The number of piperazine rings is 1. The third kappa shape index (κ3) is 4.19. The first-order chi connectivity index (χ1) is 13.2. The molecule has 4 rings (SSSR count). The van der Waals surface area contributed by atoms with E-state index in [1.54, 1.807) is 41.8 Å². The highest BCUT2D eigenvalue weighted by Gasteiger charge is 2.22. The van der Waals surface area contributed by atoms with Gasteiger partial charge in [0.05, 0.1) is 0 Å². The Bertz CT molecular complexity index is 924. The van der Waals surface area contributed by atoms with Gasteiger partial charge in [0, 0.05) is 61.0 Å². The Morgan fingerprint density at radius 3 is 2.70 bits per heavy atom. The number of carbonyl (C=O) groups excluding carboxylic acids is 1. The number of thiophene rings is 1. The molecule has 0 aliphatic carbocycles. The molecule has 0 N–H and O–H groups in total. The number of aromatic nitrogens is 4. The van der Waals surface area contributed by atoms with Gasteiger partial charge in [-0.3, -0.25) is 4.79 Å². The van der Waals surface area contributed by atoms with Crippen LogP contribution in [-0.4, -0.2) is 62.7 Å². The number of rotatable bonds is 5. The van der Waals surface area contributed by atoms with Gasteiger partial charge in [-0.2, -0.15) is 0 Å². The summed E-state index contributed by atoms with van der Waals surface area (Å²) in [6.45, 7) is 5.03. The largest absolute Gasteiger partial charge is 0.339 e. The number of amides is 1. The van der Waals surface area contributed by atoms with Crippen LogP contribution >= 0.6 is 23.1 Å². The van der Waals surface area contributed by atoms with Crippen molar-refractivity contribution in [2.24, 2.45) is 0 Å². The Hall–Kier alpha value is -2.26. The van der Waals surface area contributed by atoms with Gasteiger partial charge in [-0.15, -0.1) is 23.1 Å². The zero-order valence-electron chi connectivity index (χ0n) is 15.0. The van der Waals surface area contributed by atoms with Gasteiger partial charge in [0.1, 0.15) is 16.2 Å².